The van der Waals surface area contributed by atoms with E-state index in [0.717, 1.165) is 12.8 Å². The van der Waals surface area contributed by atoms with E-state index >= 15 is 0 Å². The van der Waals surface area contributed by atoms with Crippen molar-refractivity contribution >= 4 is 11.4 Å². The minimum absolute atomic E-state index is 0.342. The zero-order chi connectivity index (χ0) is 19.9. The molecule has 0 fully saturated rings. The topological polar surface area (TPSA) is 52.6 Å². The molecule has 0 radical (unpaired) electrons. The van der Waals surface area contributed by atoms with Gasteiger partial charge in [-0.2, -0.15) is 0 Å². The first-order valence-electron chi connectivity index (χ1n) is 10.8. The Balaban J connectivity index is 0. The summed E-state index contributed by atoms with van der Waals surface area (Å²) in [4.78, 5) is 2.00. The number of rotatable bonds is 18. The first-order chi connectivity index (χ1) is 12.5. The van der Waals surface area contributed by atoms with E-state index < -0.39 is 11.4 Å². The number of unbranched alkanes of at least 4 members (excludes halogenated alkanes) is 15. The third-order valence-electron chi connectivity index (χ3n) is 4.18. The van der Waals surface area contributed by atoms with E-state index in [0.29, 0.717) is 6.61 Å². The van der Waals surface area contributed by atoms with E-state index in [1.54, 1.807) is 0 Å². The van der Waals surface area contributed by atoms with Crippen LogP contribution in [0.2, 0.25) is 0 Å². The van der Waals surface area contributed by atoms with Gasteiger partial charge in [-0.05, 0) is 27.6 Å². The quantitative estimate of drug-likeness (QED) is 0.205. The lowest BCUT2D eigenvalue weighted by Crippen LogP contribution is -1.99. The third-order valence-corrected chi connectivity index (χ3v) is 4.54. The van der Waals surface area contributed by atoms with Crippen LogP contribution in [0.25, 0.3) is 0 Å². The average Bonchev–Trinajstić information content (AvgIpc) is 2.57. The van der Waals surface area contributed by atoms with Gasteiger partial charge in [-0.25, -0.2) is 4.21 Å². The van der Waals surface area contributed by atoms with Gasteiger partial charge in [-0.3, -0.25) is 0 Å². The van der Waals surface area contributed by atoms with Gasteiger partial charge < -0.3 is 13.6 Å². The molecule has 4 nitrogen and oxygen atoms in total. The largest absolute Gasteiger partial charge is 0.750 e. The smallest absolute Gasteiger partial charge is 0.0842 e. The van der Waals surface area contributed by atoms with Gasteiger partial charge in [0.1, 0.15) is 0 Å². The van der Waals surface area contributed by atoms with Gasteiger partial charge in [-0.1, -0.05) is 103 Å². The lowest BCUT2D eigenvalue weighted by molar-refractivity contribution is 0.290. The van der Waals surface area contributed by atoms with Crippen LogP contribution in [0.1, 0.15) is 110 Å². The van der Waals surface area contributed by atoms with E-state index in [9.17, 15) is 8.76 Å². The van der Waals surface area contributed by atoms with Crippen LogP contribution in [0.5, 0.6) is 0 Å². The van der Waals surface area contributed by atoms with E-state index in [1.165, 1.54) is 89.9 Å². The molecule has 0 N–H and O–H groups in total. The van der Waals surface area contributed by atoms with Crippen molar-refractivity contribution in [3.05, 3.63) is 0 Å². The van der Waals surface area contributed by atoms with Crippen molar-refractivity contribution in [2.75, 3.05) is 27.7 Å². The maximum Gasteiger partial charge on any atom is 0.0842 e. The van der Waals surface area contributed by atoms with Crippen molar-refractivity contribution < 1.29 is 12.9 Å². The van der Waals surface area contributed by atoms with Crippen molar-refractivity contribution in [1.29, 1.82) is 0 Å². The van der Waals surface area contributed by atoms with Crippen LogP contribution in [0.3, 0.4) is 0 Å². The molecule has 0 aromatic heterocycles. The van der Waals surface area contributed by atoms with Crippen molar-refractivity contribution in [3.63, 3.8) is 0 Å². The van der Waals surface area contributed by atoms with Crippen LogP contribution in [0.4, 0.5) is 0 Å². The molecule has 0 aromatic carbocycles. The Morgan fingerprint density at radius 1 is 0.654 bits per heavy atom. The molecule has 0 aliphatic carbocycles. The van der Waals surface area contributed by atoms with Crippen LogP contribution in [0.15, 0.2) is 0 Å². The number of nitrogens with zero attached hydrogens (tertiary/aromatic N) is 1. The zero-order valence-electron chi connectivity index (χ0n) is 18.1. The molecule has 1 atom stereocenters. The van der Waals surface area contributed by atoms with E-state index in [-0.39, 0.29) is 0 Å². The lowest BCUT2D eigenvalue weighted by atomic mass is 10.0. The van der Waals surface area contributed by atoms with Gasteiger partial charge in [0, 0.05) is 0 Å². The Bertz CT molecular complexity index is 273. The molecular formula is C21H46NO3S-. The molecule has 0 bridgehead atoms. The minimum atomic E-state index is -2.33. The molecule has 160 valence electrons. The molecular weight excluding hydrogens is 346 g/mol. The first kappa shape index (κ1) is 28.2. The Morgan fingerprint density at radius 3 is 1.19 bits per heavy atom. The fraction of sp³-hybridized carbons (Fsp3) is 1.00. The summed E-state index contributed by atoms with van der Waals surface area (Å²) in [6, 6.07) is 0. The fourth-order valence-electron chi connectivity index (χ4n) is 2.78. The second-order valence-corrected chi connectivity index (χ2v) is 8.31. The molecule has 5 heteroatoms. The second-order valence-electron chi connectivity index (χ2n) is 7.67. The van der Waals surface area contributed by atoms with Crippen molar-refractivity contribution in [3.8, 4) is 0 Å². The fourth-order valence-corrected chi connectivity index (χ4v) is 3.03. The van der Waals surface area contributed by atoms with Crippen LogP contribution < -0.4 is 0 Å². The zero-order valence-corrected chi connectivity index (χ0v) is 18.9. The van der Waals surface area contributed by atoms with Crippen molar-refractivity contribution in [2.45, 2.75) is 110 Å². The summed E-state index contributed by atoms with van der Waals surface area (Å²) in [5.74, 6) is 0. The molecule has 0 saturated carbocycles. The van der Waals surface area contributed by atoms with Gasteiger partial charge in [0.25, 0.3) is 0 Å². The minimum Gasteiger partial charge on any atom is -0.750 e. The number of hydrogen-bond donors (Lipinski definition) is 0. The van der Waals surface area contributed by atoms with Gasteiger partial charge in [-0.15, -0.1) is 0 Å². The lowest BCUT2D eigenvalue weighted by Gasteiger charge is -2.05. The molecule has 0 heterocycles. The summed E-state index contributed by atoms with van der Waals surface area (Å²) in [6.07, 6.45) is 21.2. The maximum absolute atomic E-state index is 10.1. The standard InChI is InChI=1S/C18H38O3S.C3H9N/c1-2-3-4-5-6-7-8-9-10-11-12-13-14-15-16-17-18-21-22(19)20;1-4(2)3/h2-18H2,1H3,(H,19,20);1-3H3/p-1. The van der Waals surface area contributed by atoms with Crippen LogP contribution in [0, 0.1) is 0 Å². The van der Waals surface area contributed by atoms with Crippen molar-refractivity contribution in [1.82, 2.24) is 4.90 Å². The average molecular weight is 393 g/mol. The highest BCUT2D eigenvalue weighted by Crippen LogP contribution is 2.13. The van der Waals surface area contributed by atoms with Gasteiger partial charge in [0.05, 0.1) is 18.0 Å². The summed E-state index contributed by atoms with van der Waals surface area (Å²) in [5.41, 5.74) is 0. The highest BCUT2D eigenvalue weighted by Gasteiger charge is 1.94. The van der Waals surface area contributed by atoms with E-state index in [2.05, 4.69) is 11.1 Å². The Kier molecular flexibility index (Phi) is 27.2. The highest BCUT2D eigenvalue weighted by molar-refractivity contribution is 7.74. The number of hydrogen-bond acceptors (Lipinski definition) is 4. The third kappa shape index (κ3) is 35.2. The Hall–Kier alpha value is 0.0300. The van der Waals surface area contributed by atoms with Crippen molar-refractivity contribution in [2.24, 2.45) is 0 Å². The molecule has 1 unspecified atom stereocenters. The van der Waals surface area contributed by atoms with Crippen LogP contribution in [-0.4, -0.2) is 41.4 Å². The normalized spacial score (nSPS) is 12.1. The molecule has 0 aliphatic rings. The summed E-state index contributed by atoms with van der Waals surface area (Å²) in [5, 5.41) is 0. The molecule has 0 spiro atoms. The summed E-state index contributed by atoms with van der Waals surface area (Å²) >= 11 is -2.33. The summed E-state index contributed by atoms with van der Waals surface area (Å²) < 4.78 is 24.8. The highest BCUT2D eigenvalue weighted by atomic mass is 32.2. The second kappa shape index (κ2) is 25.0. The predicted octanol–water partition coefficient (Wildman–Crippen LogP) is 6.24. The van der Waals surface area contributed by atoms with Crippen LogP contribution in [-0.2, 0) is 15.5 Å². The molecule has 0 aliphatic heterocycles. The Labute approximate surface area is 167 Å². The summed E-state index contributed by atoms with van der Waals surface area (Å²) in [6.45, 7) is 2.61. The van der Waals surface area contributed by atoms with Crippen LogP contribution >= 0.6 is 0 Å². The maximum atomic E-state index is 10.1. The van der Waals surface area contributed by atoms with E-state index in [4.69, 9.17) is 0 Å². The molecule has 26 heavy (non-hydrogen) atoms. The summed E-state index contributed by atoms with van der Waals surface area (Å²) in [7, 11) is 6.00. The Morgan fingerprint density at radius 2 is 0.923 bits per heavy atom. The SMILES string of the molecule is CCCCCCCCCCCCCCCCCCOS(=O)[O-].CN(C)C. The molecule has 0 rings (SSSR count). The van der Waals surface area contributed by atoms with Gasteiger partial charge in [0.15, 0.2) is 0 Å². The molecule has 0 saturated heterocycles. The predicted molar refractivity (Wildman–Crippen MR) is 114 cm³/mol. The van der Waals surface area contributed by atoms with E-state index in [1.807, 2.05) is 26.0 Å². The molecule has 0 aromatic rings. The van der Waals surface area contributed by atoms with Gasteiger partial charge in [0.2, 0.25) is 0 Å². The van der Waals surface area contributed by atoms with Gasteiger partial charge >= 0.3 is 0 Å². The monoisotopic (exact) mass is 392 g/mol. The molecule has 0 amide bonds. The first-order valence-corrected chi connectivity index (χ1v) is 11.8.